The summed E-state index contributed by atoms with van der Waals surface area (Å²) in [6, 6.07) is 20.5. The maximum atomic E-state index is 13.1. The zero-order valence-electron chi connectivity index (χ0n) is 30.3. The number of aryl methyl sites for hydroxylation is 2. The molecule has 0 saturated carbocycles. The Hall–Kier alpha value is -6.93. The molecule has 1 atom stereocenters. The first kappa shape index (κ1) is 35.1. The first-order chi connectivity index (χ1) is 26.7. The fourth-order valence-electron chi connectivity index (χ4n) is 7.64. The maximum absolute atomic E-state index is 13.1. The number of hydrogen-bond acceptors (Lipinski definition) is 7. The molecule has 1 fully saturated rings. The molecule has 2 aliphatic heterocycles. The quantitative estimate of drug-likeness (QED) is 0.0878. The largest absolute Gasteiger partial charge is 0.350 e. The average Bonchev–Trinajstić information content (AvgIpc) is 3.72. The van der Waals surface area contributed by atoms with Gasteiger partial charge in [-0.05, 0) is 82.9 Å². The van der Waals surface area contributed by atoms with Gasteiger partial charge in [0, 0.05) is 84.6 Å². The Morgan fingerprint density at radius 3 is 2.60 bits per heavy atom. The van der Waals surface area contributed by atoms with Crippen molar-refractivity contribution in [1.82, 2.24) is 30.1 Å². The number of nitrogens with zero attached hydrogens (tertiary/aromatic N) is 4. The van der Waals surface area contributed by atoms with Crippen molar-refractivity contribution in [2.45, 2.75) is 45.2 Å². The van der Waals surface area contributed by atoms with E-state index in [1.54, 1.807) is 24.4 Å². The first-order valence-electron chi connectivity index (χ1n) is 18.2. The second-order valence-corrected chi connectivity index (χ2v) is 13.8. The van der Waals surface area contributed by atoms with Crippen LogP contribution in [0.3, 0.4) is 0 Å². The Morgan fingerprint density at radius 2 is 1.82 bits per heavy atom. The van der Waals surface area contributed by atoms with Crippen molar-refractivity contribution in [2.24, 2.45) is 7.05 Å². The lowest BCUT2D eigenvalue weighted by molar-refractivity contribution is -0.136. The molecule has 0 radical (unpaired) electrons. The van der Waals surface area contributed by atoms with Gasteiger partial charge in [0.2, 0.25) is 11.8 Å². The summed E-state index contributed by atoms with van der Waals surface area (Å²) in [4.78, 5) is 72.5. The third-order valence-corrected chi connectivity index (χ3v) is 10.4. The van der Waals surface area contributed by atoms with Crippen LogP contribution in [0, 0.1) is 11.8 Å². The summed E-state index contributed by atoms with van der Waals surface area (Å²) < 4.78 is 2.02. The summed E-state index contributed by atoms with van der Waals surface area (Å²) in [5.41, 5.74) is 8.68. The van der Waals surface area contributed by atoms with Crippen molar-refractivity contribution in [2.75, 3.05) is 6.54 Å². The number of benzene rings is 3. The van der Waals surface area contributed by atoms with Gasteiger partial charge in [-0.25, -0.2) is 0 Å². The second kappa shape index (κ2) is 14.5. The number of piperidine rings is 1. The van der Waals surface area contributed by atoms with Crippen molar-refractivity contribution < 1.29 is 24.0 Å². The van der Waals surface area contributed by atoms with Gasteiger partial charge in [0.25, 0.3) is 11.8 Å². The summed E-state index contributed by atoms with van der Waals surface area (Å²) in [7, 11) is 1.97. The van der Waals surface area contributed by atoms with Gasteiger partial charge in [-0.1, -0.05) is 43.0 Å². The minimum Gasteiger partial charge on any atom is -0.350 e. The molecule has 4 amide bonds. The van der Waals surface area contributed by atoms with Crippen molar-refractivity contribution >= 4 is 51.6 Å². The Labute approximate surface area is 316 Å². The van der Waals surface area contributed by atoms with E-state index in [0.717, 1.165) is 62.3 Å². The Balaban J connectivity index is 0.918. The predicted octanol–water partition coefficient (Wildman–Crippen LogP) is 5.76. The highest BCUT2D eigenvalue weighted by molar-refractivity contribution is 6.06. The predicted molar refractivity (Wildman–Crippen MR) is 208 cm³/mol. The molecule has 272 valence electrons. The molecule has 2 aliphatic rings. The van der Waals surface area contributed by atoms with E-state index in [-0.39, 0.29) is 36.4 Å². The fourth-order valence-corrected chi connectivity index (χ4v) is 7.64. The normalized spacial score (nSPS) is 15.1. The molecule has 3 aromatic carbocycles. The third-order valence-electron chi connectivity index (χ3n) is 10.4. The molecule has 3 aromatic heterocycles. The molecule has 5 heterocycles. The minimum atomic E-state index is -0.690. The number of imide groups is 1. The van der Waals surface area contributed by atoms with Gasteiger partial charge >= 0.3 is 0 Å². The standard InChI is InChI=1S/C44H36N6O5/c1-3-26-18-30(19-34-31(25-51)23-49(2)41(26)34)32-11-7-10-28-20-38(47-22-35(28)32)29-13-14-37(46-21-29)42(53)45-17-5-4-8-27-9-6-12-33-36(27)24-50(44(33)55)39-15-16-40(52)48-43(39)54/h6-7,9-14,18-23,25,39H,3,5,15-17,24H2,1-2H3,(H,45,53)(H,48,52,54). The van der Waals surface area contributed by atoms with Gasteiger partial charge in [0.15, 0.2) is 6.29 Å². The summed E-state index contributed by atoms with van der Waals surface area (Å²) in [6.45, 7) is 2.66. The summed E-state index contributed by atoms with van der Waals surface area (Å²) in [5, 5.41) is 8.11. The lowest BCUT2D eigenvalue weighted by Gasteiger charge is -2.29. The van der Waals surface area contributed by atoms with Gasteiger partial charge in [0.05, 0.1) is 11.2 Å². The third kappa shape index (κ3) is 6.52. The zero-order chi connectivity index (χ0) is 38.2. The molecular weight excluding hydrogens is 693 g/mol. The van der Waals surface area contributed by atoms with E-state index >= 15 is 0 Å². The van der Waals surface area contributed by atoms with Crippen LogP contribution in [-0.4, -0.2) is 61.9 Å². The van der Waals surface area contributed by atoms with Gasteiger partial charge in [0.1, 0.15) is 11.7 Å². The maximum Gasteiger partial charge on any atom is 0.269 e. The number of amides is 4. The van der Waals surface area contributed by atoms with Gasteiger partial charge in [-0.15, -0.1) is 0 Å². The zero-order valence-corrected chi connectivity index (χ0v) is 30.3. The molecule has 11 nitrogen and oxygen atoms in total. The molecular formula is C44H36N6O5. The van der Waals surface area contributed by atoms with Gasteiger partial charge in [-0.3, -0.25) is 39.3 Å². The van der Waals surface area contributed by atoms with Gasteiger partial charge < -0.3 is 14.8 Å². The highest BCUT2D eigenvalue weighted by atomic mass is 16.2. The van der Waals surface area contributed by atoms with E-state index in [1.165, 1.54) is 10.5 Å². The average molecular weight is 729 g/mol. The number of aldehydes is 1. The molecule has 6 aromatic rings. The second-order valence-electron chi connectivity index (χ2n) is 13.8. The molecule has 1 saturated heterocycles. The number of nitrogens with one attached hydrogen (secondary N) is 2. The Kier molecular flexibility index (Phi) is 9.24. The van der Waals surface area contributed by atoms with Crippen molar-refractivity contribution in [1.29, 1.82) is 0 Å². The van der Waals surface area contributed by atoms with Crippen molar-refractivity contribution in [3.63, 3.8) is 0 Å². The number of aromatic nitrogens is 3. The van der Waals surface area contributed by atoms with Crippen LogP contribution in [0.2, 0.25) is 0 Å². The molecule has 1 unspecified atom stereocenters. The van der Waals surface area contributed by atoms with Crippen LogP contribution in [0.1, 0.15) is 74.1 Å². The van der Waals surface area contributed by atoms with Crippen LogP contribution in [0.4, 0.5) is 0 Å². The summed E-state index contributed by atoms with van der Waals surface area (Å²) in [6.07, 6.45) is 7.98. The van der Waals surface area contributed by atoms with Crippen LogP contribution in [0.15, 0.2) is 85.3 Å². The van der Waals surface area contributed by atoms with Crippen molar-refractivity contribution in [3.05, 3.63) is 119 Å². The first-order valence-corrected chi connectivity index (χ1v) is 18.2. The Bertz CT molecular complexity index is 2650. The summed E-state index contributed by atoms with van der Waals surface area (Å²) >= 11 is 0. The van der Waals surface area contributed by atoms with Gasteiger partial charge in [-0.2, -0.15) is 0 Å². The van der Waals surface area contributed by atoms with Crippen LogP contribution in [0.5, 0.6) is 0 Å². The SMILES string of the molecule is CCc1cc(-c2cccc3cc(-c4ccc(C(=O)NCCC#Cc5cccc6c5CN(C5CCC(=O)NC5=O)C6=O)nc4)ncc23)cc2c(C=O)cn(C)c12. The van der Waals surface area contributed by atoms with E-state index in [4.69, 9.17) is 4.98 Å². The molecule has 8 rings (SSSR count). The summed E-state index contributed by atoms with van der Waals surface area (Å²) in [5.74, 6) is 4.84. The van der Waals surface area contributed by atoms with Crippen molar-refractivity contribution in [3.8, 4) is 34.2 Å². The number of fused-ring (bicyclic) bond motifs is 3. The van der Waals surface area contributed by atoms with Crippen LogP contribution in [0.25, 0.3) is 44.1 Å². The molecule has 11 heteroatoms. The lowest BCUT2D eigenvalue weighted by Crippen LogP contribution is -2.52. The fraction of sp³-hybridized carbons (Fsp3) is 0.205. The lowest BCUT2D eigenvalue weighted by atomic mass is 9.94. The topological polar surface area (TPSA) is 143 Å². The molecule has 0 spiro atoms. The highest BCUT2D eigenvalue weighted by Gasteiger charge is 2.39. The molecule has 2 N–H and O–H groups in total. The number of pyridine rings is 2. The number of rotatable bonds is 8. The monoisotopic (exact) mass is 728 g/mol. The molecule has 0 bridgehead atoms. The van der Waals surface area contributed by atoms with Crippen LogP contribution < -0.4 is 10.6 Å². The van der Waals surface area contributed by atoms with E-state index < -0.39 is 11.9 Å². The Morgan fingerprint density at radius 1 is 0.982 bits per heavy atom. The highest BCUT2D eigenvalue weighted by Crippen LogP contribution is 2.35. The molecule has 0 aliphatic carbocycles. The van der Waals surface area contributed by atoms with Crippen LogP contribution in [-0.2, 0) is 29.6 Å². The van der Waals surface area contributed by atoms with E-state index in [0.29, 0.717) is 36.1 Å². The molecule has 55 heavy (non-hydrogen) atoms. The van der Waals surface area contributed by atoms with E-state index in [9.17, 15) is 24.0 Å². The smallest absolute Gasteiger partial charge is 0.269 e. The van der Waals surface area contributed by atoms with Crippen LogP contribution >= 0.6 is 0 Å². The number of carbonyl (C=O) groups excluding carboxylic acids is 5. The number of carbonyl (C=O) groups is 5. The van der Waals surface area contributed by atoms with E-state index in [2.05, 4.69) is 52.6 Å². The number of hydrogen-bond donors (Lipinski definition) is 2. The minimum absolute atomic E-state index is 0.192. The van der Waals surface area contributed by atoms with E-state index in [1.807, 2.05) is 54.3 Å².